The molecule has 0 heterocycles. The highest BCUT2D eigenvalue weighted by Crippen LogP contribution is 2.16. The quantitative estimate of drug-likeness (QED) is 0.726. The molecule has 0 saturated heterocycles. The van der Waals surface area contributed by atoms with Gasteiger partial charge in [-0.15, -0.1) is 0 Å². The standard InChI is InChI=1S/C18H20BrFN2O/c19-15-9-8-14(16(20)12-15)7-4-10-22-18(23)17(21)11-13-5-2-1-3-6-13/h1-3,5-6,8-9,12,17H,4,7,10-11,21H2,(H,22,23)/t17-/m0/s1. The molecule has 0 radical (unpaired) electrons. The minimum absolute atomic E-state index is 0.176. The van der Waals surface area contributed by atoms with Gasteiger partial charge in [0.2, 0.25) is 5.91 Å². The van der Waals surface area contributed by atoms with Crippen LogP contribution in [-0.2, 0) is 17.6 Å². The zero-order chi connectivity index (χ0) is 16.7. The summed E-state index contributed by atoms with van der Waals surface area (Å²) in [4.78, 5) is 12.0. The lowest BCUT2D eigenvalue weighted by Crippen LogP contribution is -2.42. The summed E-state index contributed by atoms with van der Waals surface area (Å²) >= 11 is 3.23. The van der Waals surface area contributed by atoms with Crippen molar-refractivity contribution >= 4 is 21.8 Å². The Morgan fingerprint density at radius 3 is 2.65 bits per heavy atom. The van der Waals surface area contributed by atoms with Crippen molar-refractivity contribution in [2.24, 2.45) is 5.73 Å². The first-order valence-electron chi connectivity index (χ1n) is 7.57. The molecule has 2 aromatic rings. The third-order valence-electron chi connectivity index (χ3n) is 3.57. The molecule has 2 rings (SSSR count). The van der Waals surface area contributed by atoms with Gasteiger partial charge in [0.1, 0.15) is 5.82 Å². The van der Waals surface area contributed by atoms with Gasteiger partial charge in [-0.2, -0.15) is 0 Å². The minimum atomic E-state index is -0.568. The van der Waals surface area contributed by atoms with E-state index >= 15 is 0 Å². The summed E-state index contributed by atoms with van der Waals surface area (Å²) in [5.74, 6) is -0.406. The van der Waals surface area contributed by atoms with Crippen LogP contribution in [0.3, 0.4) is 0 Å². The third kappa shape index (κ3) is 5.77. The Morgan fingerprint density at radius 1 is 1.22 bits per heavy atom. The van der Waals surface area contributed by atoms with E-state index < -0.39 is 6.04 Å². The molecule has 0 saturated carbocycles. The number of carbonyl (C=O) groups excluding carboxylic acids is 1. The topological polar surface area (TPSA) is 55.1 Å². The summed E-state index contributed by atoms with van der Waals surface area (Å²) < 4.78 is 14.4. The first-order valence-corrected chi connectivity index (χ1v) is 8.36. The molecule has 0 bridgehead atoms. The maximum Gasteiger partial charge on any atom is 0.237 e. The Morgan fingerprint density at radius 2 is 1.96 bits per heavy atom. The lowest BCUT2D eigenvalue weighted by Gasteiger charge is -2.12. The van der Waals surface area contributed by atoms with Crippen molar-refractivity contribution in [1.29, 1.82) is 0 Å². The summed E-state index contributed by atoms with van der Waals surface area (Å²) in [6.07, 6.45) is 1.75. The fraction of sp³-hybridized carbons (Fsp3) is 0.278. The van der Waals surface area contributed by atoms with Gasteiger partial charge >= 0.3 is 0 Å². The third-order valence-corrected chi connectivity index (χ3v) is 4.07. The van der Waals surface area contributed by atoms with Crippen molar-refractivity contribution in [2.45, 2.75) is 25.3 Å². The van der Waals surface area contributed by atoms with Gasteiger partial charge in [-0.05, 0) is 42.5 Å². The number of nitrogens with two attached hydrogens (primary N) is 1. The Hall–Kier alpha value is -1.72. The van der Waals surface area contributed by atoms with Crippen LogP contribution in [0.1, 0.15) is 17.5 Å². The van der Waals surface area contributed by atoms with E-state index in [1.54, 1.807) is 6.07 Å². The highest BCUT2D eigenvalue weighted by Gasteiger charge is 2.13. The number of hydrogen-bond acceptors (Lipinski definition) is 2. The highest BCUT2D eigenvalue weighted by molar-refractivity contribution is 9.10. The van der Waals surface area contributed by atoms with E-state index in [2.05, 4.69) is 21.2 Å². The average Bonchev–Trinajstić information content (AvgIpc) is 2.54. The smallest absolute Gasteiger partial charge is 0.237 e. The number of nitrogens with one attached hydrogen (secondary N) is 1. The van der Waals surface area contributed by atoms with Gasteiger partial charge in [0.05, 0.1) is 6.04 Å². The van der Waals surface area contributed by atoms with Crippen molar-refractivity contribution in [1.82, 2.24) is 5.32 Å². The number of rotatable bonds is 7. The maximum atomic E-state index is 13.7. The molecule has 0 spiro atoms. The van der Waals surface area contributed by atoms with Gasteiger partial charge in [-0.1, -0.05) is 52.3 Å². The van der Waals surface area contributed by atoms with Crippen LogP contribution in [0.25, 0.3) is 0 Å². The first kappa shape index (κ1) is 17.6. The molecule has 0 aliphatic rings. The molecule has 122 valence electrons. The van der Waals surface area contributed by atoms with Gasteiger partial charge in [0.15, 0.2) is 0 Å². The molecule has 3 nitrogen and oxygen atoms in total. The fourth-order valence-corrected chi connectivity index (χ4v) is 2.64. The van der Waals surface area contributed by atoms with Crippen LogP contribution < -0.4 is 11.1 Å². The van der Waals surface area contributed by atoms with Crippen LogP contribution in [0.2, 0.25) is 0 Å². The number of benzene rings is 2. The molecular formula is C18H20BrFN2O. The molecule has 0 aromatic heterocycles. The highest BCUT2D eigenvalue weighted by atomic mass is 79.9. The predicted molar refractivity (Wildman–Crippen MR) is 93.6 cm³/mol. The van der Waals surface area contributed by atoms with Crippen LogP contribution in [0, 0.1) is 5.82 Å². The van der Waals surface area contributed by atoms with Crippen LogP contribution in [-0.4, -0.2) is 18.5 Å². The zero-order valence-electron chi connectivity index (χ0n) is 12.8. The predicted octanol–water partition coefficient (Wildman–Crippen LogP) is 3.21. The Bertz CT molecular complexity index is 649. The molecule has 0 aliphatic carbocycles. The molecule has 5 heteroatoms. The van der Waals surface area contributed by atoms with Crippen molar-refractivity contribution in [3.05, 3.63) is 69.9 Å². The molecule has 0 fully saturated rings. The van der Waals surface area contributed by atoms with Crippen LogP contribution in [0.4, 0.5) is 4.39 Å². The van der Waals surface area contributed by atoms with E-state index in [1.807, 2.05) is 36.4 Å². The van der Waals surface area contributed by atoms with Crippen LogP contribution in [0.15, 0.2) is 53.0 Å². The van der Waals surface area contributed by atoms with Gasteiger partial charge in [0.25, 0.3) is 0 Å². The van der Waals surface area contributed by atoms with Crippen molar-refractivity contribution in [3.8, 4) is 0 Å². The Labute approximate surface area is 144 Å². The molecular weight excluding hydrogens is 359 g/mol. The van der Waals surface area contributed by atoms with E-state index in [0.717, 1.165) is 10.0 Å². The Kier molecular flexibility index (Phi) is 6.74. The second-order valence-electron chi connectivity index (χ2n) is 5.43. The van der Waals surface area contributed by atoms with E-state index in [-0.39, 0.29) is 11.7 Å². The normalized spacial score (nSPS) is 12.0. The zero-order valence-corrected chi connectivity index (χ0v) is 14.4. The largest absolute Gasteiger partial charge is 0.355 e. The van der Waals surface area contributed by atoms with Crippen molar-refractivity contribution in [3.63, 3.8) is 0 Å². The summed E-state index contributed by atoms with van der Waals surface area (Å²) in [5, 5.41) is 2.81. The number of amides is 1. The summed E-state index contributed by atoms with van der Waals surface area (Å²) in [5.41, 5.74) is 7.59. The number of hydrogen-bond donors (Lipinski definition) is 2. The minimum Gasteiger partial charge on any atom is -0.355 e. The van der Waals surface area contributed by atoms with Crippen LogP contribution in [0.5, 0.6) is 0 Å². The van der Waals surface area contributed by atoms with E-state index in [1.165, 1.54) is 6.07 Å². The molecule has 2 aromatic carbocycles. The lowest BCUT2D eigenvalue weighted by atomic mass is 10.1. The monoisotopic (exact) mass is 378 g/mol. The second-order valence-corrected chi connectivity index (χ2v) is 6.34. The number of halogens is 2. The van der Waals surface area contributed by atoms with Gasteiger partial charge in [-0.3, -0.25) is 4.79 Å². The first-order chi connectivity index (χ1) is 11.1. The molecule has 1 amide bonds. The van der Waals surface area contributed by atoms with E-state index in [9.17, 15) is 9.18 Å². The SMILES string of the molecule is N[C@@H](Cc1ccccc1)C(=O)NCCCc1ccc(Br)cc1F. The van der Waals surface area contributed by atoms with Crippen molar-refractivity contribution in [2.75, 3.05) is 6.54 Å². The second kappa shape index (κ2) is 8.79. The number of aryl methyl sites for hydroxylation is 1. The average molecular weight is 379 g/mol. The molecule has 3 N–H and O–H groups in total. The summed E-state index contributed by atoms with van der Waals surface area (Å²) in [7, 11) is 0. The van der Waals surface area contributed by atoms with Gasteiger partial charge in [0, 0.05) is 11.0 Å². The van der Waals surface area contributed by atoms with Crippen molar-refractivity contribution < 1.29 is 9.18 Å². The van der Waals surface area contributed by atoms with Gasteiger partial charge < -0.3 is 11.1 Å². The van der Waals surface area contributed by atoms with Gasteiger partial charge in [-0.25, -0.2) is 4.39 Å². The molecule has 1 atom stereocenters. The summed E-state index contributed by atoms with van der Waals surface area (Å²) in [6, 6.07) is 14.1. The van der Waals surface area contributed by atoms with Crippen LogP contribution >= 0.6 is 15.9 Å². The fourth-order valence-electron chi connectivity index (χ4n) is 2.31. The molecule has 23 heavy (non-hydrogen) atoms. The number of carbonyl (C=O) groups is 1. The molecule has 0 unspecified atom stereocenters. The Balaban J connectivity index is 1.72. The van der Waals surface area contributed by atoms with E-state index in [0.29, 0.717) is 31.4 Å². The van der Waals surface area contributed by atoms with E-state index in [4.69, 9.17) is 5.73 Å². The lowest BCUT2D eigenvalue weighted by molar-refractivity contribution is -0.122. The summed E-state index contributed by atoms with van der Waals surface area (Å²) in [6.45, 7) is 0.483. The maximum absolute atomic E-state index is 13.7. The molecule has 0 aliphatic heterocycles.